The second-order valence-electron chi connectivity index (χ2n) is 4.24. The van der Waals surface area contributed by atoms with E-state index in [0.29, 0.717) is 24.3 Å². The summed E-state index contributed by atoms with van der Waals surface area (Å²) in [5.41, 5.74) is 5.81. The first-order valence-electron chi connectivity index (χ1n) is 6.26. The van der Waals surface area contributed by atoms with Gasteiger partial charge in [0.1, 0.15) is 11.6 Å². The maximum Gasteiger partial charge on any atom is 0.178 e. The number of hydrogen-bond acceptors (Lipinski definition) is 4. The summed E-state index contributed by atoms with van der Waals surface area (Å²) in [6, 6.07) is 4.48. The van der Waals surface area contributed by atoms with E-state index in [4.69, 9.17) is 15.9 Å². The molecule has 0 heterocycles. The highest BCUT2D eigenvalue weighted by atomic mass is 32.2. The third kappa shape index (κ3) is 3.96. The molecular formula is C13H20N2O3S. The van der Waals surface area contributed by atoms with E-state index in [1.165, 1.54) is 12.1 Å². The second-order valence-corrected chi connectivity index (χ2v) is 6.35. The van der Waals surface area contributed by atoms with Gasteiger partial charge in [0.05, 0.1) is 22.8 Å². The zero-order valence-corrected chi connectivity index (χ0v) is 12.1. The highest BCUT2D eigenvalue weighted by Gasteiger charge is 2.17. The molecule has 0 saturated carbocycles. The molecule has 0 atom stereocenters. The van der Waals surface area contributed by atoms with Crippen LogP contribution in [0, 0.1) is 5.41 Å². The molecule has 6 heteroatoms. The van der Waals surface area contributed by atoms with E-state index in [9.17, 15) is 8.42 Å². The van der Waals surface area contributed by atoms with Crippen molar-refractivity contribution in [1.82, 2.24) is 0 Å². The van der Waals surface area contributed by atoms with E-state index in [1.807, 2.05) is 13.8 Å². The van der Waals surface area contributed by atoms with Gasteiger partial charge in [0.25, 0.3) is 0 Å². The second kappa shape index (κ2) is 6.56. The first kappa shape index (κ1) is 15.5. The van der Waals surface area contributed by atoms with Crippen molar-refractivity contribution in [2.75, 3.05) is 12.4 Å². The van der Waals surface area contributed by atoms with Crippen LogP contribution < -0.4 is 10.5 Å². The number of nitrogens with one attached hydrogen (secondary N) is 1. The number of amidine groups is 1. The van der Waals surface area contributed by atoms with E-state index >= 15 is 0 Å². The maximum atomic E-state index is 12.0. The van der Waals surface area contributed by atoms with E-state index in [-0.39, 0.29) is 16.5 Å². The topological polar surface area (TPSA) is 93.2 Å². The normalized spacial score (nSPS) is 11.3. The van der Waals surface area contributed by atoms with Gasteiger partial charge in [-0.05, 0) is 31.0 Å². The summed E-state index contributed by atoms with van der Waals surface area (Å²) in [6.45, 7) is 4.27. The van der Waals surface area contributed by atoms with Crippen LogP contribution in [0.2, 0.25) is 0 Å². The first-order chi connectivity index (χ1) is 8.92. The molecule has 0 aliphatic rings. The van der Waals surface area contributed by atoms with Crippen molar-refractivity contribution in [3.63, 3.8) is 0 Å². The van der Waals surface area contributed by atoms with E-state index < -0.39 is 9.84 Å². The number of benzene rings is 1. The van der Waals surface area contributed by atoms with E-state index in [2.05, 4.69) is 0 Å². The Kier molecular flexibility index (Phi) is 5.35. The van der Waals surface area contributed by atoms with Crippen LogP contribution >= 0.6 is 0 Å². The van der Waals surface area contributed by atoms with Gasteiger partial charge in [0.2, 0.25) is 0 Å². The molecule has 1 aromatic rings. The summed E-state index contributed by atoms with van der Waals surface area (Å²) in [6.07, 6.45) is 1.37. The van der Waals surface area contributed by atoms with Crippen molar-refractivity contribution in [3.8, 4) is 5.75 Å². The zero-order valence-electron chi connectivity index (χ0n) is 11.3. The highest BCUT2D eigenvalue weighted by molar-refractivity contribution is 7.91. The Morgan fingerprint density at radius 1 is 1.32 bits per heavy atom. The van der Waals surface area contributed by atoms with Gasteiger partial charge < -0.3 is 10.5 Å². The van der Waals surface area contributed by atoms with Crippen LogP contribution in [-0.2, 0) is 9.84 Å². The van der Waals surface area contributed by atoms with Gasteiger partial charge in [-0.25, -0.2) is 8.42 Å². The number of nitrogens with two attached hydrogens (primary N) is 1. The molecule has 1 rings (SSSR count). The van der Waals surface area contributed by atoms with Gasteiger partial charge in [-0.15, -0.1) is 0 Å². The maximum absolute atomic E-state index is 12.0. The minimum absolute atomic E-state index is 0.0828. The SMILES string of the molecule is CCCOc1ccc(S(=O)(=O)CCC)cc1C(=N)N. The Morgan fingerprint density at radius 2 is 2.00 bits per heavy atom. The Balaban J connectivity index is 3.20. The summed E-state index contributed by atoms with van der Waals surface area (Å²) in [4.78, 5) is 0.184. The number of ether oxygens (including phenoxy) is 1. The quantitative estimate of drug-likeness (QED) is 0.591. The minimum Gasteiger partial charge on any atom is -0.493 e. The molecule has 0 aliphatic heterocycles. The average Bonchev–Trinajstić information content (AvgIpc) is 2.35. The van der Waals surface area contributed by atoms with Crippen LogP contribution in [0.25, 0.3) is 0 Å². The van der Waals surface area contributed by atoms with Crippen LogP contribution in [-0.4, -0.2) is 26.6 Å². The predicted molar refractivity (Wildman–Crippen MR) is 75.6 cm³/mol. The predicted octanol–water partition coefficient (Wildman–Crippen LogP) is 1.94. The highest BCUT2D eigenvalue weighted by Crippen LogP contribution is 2.23. The fourth-order valence-electron chi connectivity index (χ4n) is 1.64. The Labute approximate surface area is 114 Å². The van der Waals surface area contributed by atoms with Crippen molar-refractivity contribution < 1.29 is 13.2 Å². The standard InChI is InChI=1S/C13H20N2O3S/c1-3-7-18-12-6-5-10(9-11(12)13(14)15)19(16,17)8-4-2/h5-6,9H,3-4,7-8H2,1-2H3,(H3,14,15). The molecule has 5 nitrogen and oxygen atoms in total. The lowest BCUT2D eigenvalue weighted by molar-refractivity contribution is 0.316. The molecule has 0 spiro atoms. The Bertz CT molecular complexity index is 553. The monoisotopic (exact) mass is 284 g/mol. The van der Waals surface area contributed by atoms with Crippen LogP contribution in [0.4, 0.5) is 0 Å². The third-order valence-electron chi connectivity index (χ3n) is 2.53. The number of rotatable bonds is 7. The molecule has 0 aromatic heterocycles. The molecule has 1 aromatic carbocycles. The molecule has 0 aliphatic carbocycles. The summed E-state index contributed by atoms with van der Waals surface area (Å²) >= 11 is 0. The molecule has 0 amide bonds. The minimum atomic E-state index is -3.31. The van der Waals surface area contributed by atoms with Crippen LogP contribution in [0.1, 0.15) is 32.3 Å². The van der Waals surface area contributed by atoms with Gasteiger partial charge in [-0.1, -0.05) is 13.8 Å². The molecular weight excluding hydrogens is 264 g/mol. The summed E-state index contributed by atoms with van der Waals surface area (Å²) in [5, 5.41) is 7.52. The molecule has 0 fully saturated rings. The largest absolute Gasteiger partial charge is 0.493 e. The van der Waals surface area contributed by atoms with Crippen molar-refractivity contribution in [2.45, 2.75) is 31.6 Å². The number of sulfone groups is 1. The summed E-state index contributed by atoms with van der Waals surface area (Å²) < 4.78 is 29.4. The molecule has 0 saturated heterocycles. The zero-order chi connectivity index (χ0) is 14.5. The first-order valence-corrected chi connectivity index (χ1v) is 7.91. The van der Waals surface area contributed by atoms with Gasteiger partial charge in [-0.3, -0.25) is 5.41 Å². The lowest BCUT2D eigenvalue weighted by Gasteiger charge is -2.12. The number of hydrogen-bond donors (Lipinski definition) is 2. The van der Waals surface area contributed by atoms with Gasteiger partial charge in [0.15, 0.2) is 9.84 Å². The lowest BCUT2D eigenvalue weighted by atomic mass is 10.2. The van der Waals surface area contributed by atoms with Crippen molar-refractivity contribution in [3.05, 3.63) is 23.8 Å². The van der Waals surface area contributed by atoms with Crippen molar-refractivity contribution in [1.29, 1.82) is 5.41 Å². The smallest absolute Gasteiger partial charge is 0.178 e. The molecule has 0 radical (unpaired) electrons. The molecule has 106 valence electrons. The third-order valence-corrected chi connectivity index (χ3v) is 4.45. The van der Waals surface area contributed by atoms with Crippen molar-refractivity contribution in [2.24, 2.45) is 5.73 Å². The van der Waals surface area contributed by atoms with Gasteiger partial charge >= 0.3 is 0 Å². The Morgan fingerprint density at radius 3 is 2.53 bits per heavy atom. The summed E-state index contributed by atoms with van der Waals surface area (Å²) in [7, 11) is -3.31. The van der Waals surface area contributed by atoms with Crippen molar-refractivity contribution >= 4 is 15.7 Å². The van der Waals surface area contributed by atoms with E-state index in [1.54, 1.807) is 6.07 Å². The Hall–Kier alpha value is -1.56. The molecule has 0 bridgehead atoms. The lowest BCUT2D eigenvalue weighted by Crippen LogP contribution is -2.15. The van der Waals surface area contributed by atoms with E-state index in [0.717, 1.165) is 6.42 Å². The number of nitrogen functional groups attached to an aromatic ring is 1. The fraction of sp³-hybridized carbons (Fsp3) is 0.462. The molecule has 19 heavy (non-hydrogen) atoms. The summed E-state index contributed by atoms with van der Waals surface area (Å²) in [5.74, 6) is 0.337. The van der Waals surface area contributed by atoms with Crippen LogP contribution in [0.5, 0.6) is 5.75 Å². The fourth-order valence-corrected chi connectivity index (χ4v) is 2.98. The van der Waals surface area contributed by atoms with Crippen LogP contribution in [0.3, 0.4) is 0 Å². The van der Waals surface area contributed by atoms with Crippen LogP contribution in [0.15, 0.2) is 23.1 Å². The van der Waals surface area contributed by atoms with Gasteiger partial charge in [0, 0.05) is 0 Å². The molecule has 3 N–H and O–H groups in total. The molecule has 0 unspecified atom stereocenters. The average molecular weight is 284 g/mol. The van der Waals surface area contributed by atoms with Gasteiger partial charge in [-0.2, -0.15) is 0 Å².